The van der Waals surface area contributed by atoms with Gasteiger partial charge in [0.15, 0.2) is 0 Å². The second-order valence-electron chi connectivity index (χ2n) is 5.11. The van der Waals surface area contributed by atoms with Crippen LogP contribution in [-0.2, 0) is 4.79 Å². The maximum Gasteiger partial charge on any atom is 0.281 e. The van der Waals surface area contributed by atoms with E-state index in [1.165, 1.54) is 6.08 Å². The first-order valence-corrected chi connectivity index (χ1v) is 8.49. The first-order valence-electron chi connectivity index (χ1n) is 7.29. The molecule has 0 saturated heterocycles. The highest BCUT2D eigenvalue weighted by atomic mass is 35.5. The average molecular weight is 372 g/mol. The van der Waals surface area contributed by atoms with Crippen LogP contribution in [0.25, 0.3) is 17.5 Å². The summed E-state index contributed by atoms with van der Waals surface area (Å²) >= 11 is 6.94. The van der Waals surface area contributed by atoms with Gasteiger partial charge >= 0.3 is 0 Å². The SMILES string of the molecule is Cc1ccccc1/C=C(/Sc1nnc(-c2ccccc2Cl)o1)C(=O)[O-]. The number of aliphatic carboxylic acids is 1. The zero-order valence-corrected chi connectivity index (χ0v) is 14.7. The van der Waals surface area contributed by atoms with Crippen LogP contribution in [0.5, 0.6) is 0 Å². The number of carbonyl (C=O) groups is 1. The molecule has 0 aliphatic rings. The molecule has 0 fully saturated rings. The van der Waals surface area contributed by atoms with Crippen molar-refractivity contribution in [1.29, 1.82) is 0 Å². The van der Waals surface area contributed by atoms with E-state index in [2.05, 4.69) is 10.2 Å². The van der Waals surface area contributed by atoms with Gasteiger partial charge in [-0.2, -0.15) is 0 Å². The van der Waals surface area contributed by atoms with Crippen molar-refractivity contribution >= 4 is 35.4 Å². The first-order chi connectivity index (χ1) is 12.0. The number of aryl methyl sites for hydroxylation is 1. The van der Waals surface area contributed by atoms with Gasteiger partial charge in [-0.3, -0.25) is 0 Å². The number of nitrogens with zero attached hydrogens (tertiary/aromatic N) is 2. The summed E-state index contributed by atoms with van der Waals surface area (Å²) in [6, 6.07) is 14.5. The summed E-state index contributed by atoms with van der Waals surface area (Å²) in [7, 11) is 0. The molecule has 0 unspecified atom stereocenters. The maximum absolute atomic E-state index is 11.4. The summed E-state index contributed by atoms with van der Waals surface area (Å²) in [5.74, 6) is -1.09. The quantitative estimate of drug-likeness (QED) is 0.503. The fraction of sp³-hybridized carbons (Fsp3) is 0.0556. The third-order valence-corrected chi connectivity index (χ3v) is 4.56. The lowest BCUT2D eigenvalue weighted by Gasteiger charge is -2.07. The van der Waals surface area contributed by atoms with E-state index in [9.17, 15) is 9.90 Å². The molecule has 0 bridgehead atoms. The number of aromatic nitrogens is 2. The Bertz CT molecular complexity index is 953. The Labute approximate surface area is 153 Å². The topological polar surface area (TPSA) is 79.0 Å². The highest BCUT2D eigenvalue weighted by Gasteiger charge is 2.14. The van der Waals surface area contributed by atoms with Gasteiger partial charge in [0, 0.05) is 4.91 Å². The number of hydrogen-bond donors (Lipinski definition) is 0. The Morgan fingerprint density at radius 2 is 1.88 bits per heavy atom. The van der Waals surface area contributed by atoms with E-state index < -0.39 is 5.97 Å². The summed E-state index contributed by atoms with van der Waals surface area (Å²) in [5.41, 5.74) is 2.31. The van der Waals surface area contributed by atoms with Gasteiger partial charge in [-0.25, -0.2) is 0 Å². The number of carboxylic acids is 1. The van der Waals surface area contributed by atoms with Crippen LogP contribution in [0, 0.1) is 6.92 Å². The molecule has 1 heterocycles. The monoisotopic (exact) mass is 371 g/mol. The third kappa shape index (κ3) is 4.10. The van der Waals surface area contributed by atoms with Crippen LogP contribution >= 0.6 is 23.4 Å². The number of carbonyl (C=O) groups excluding carboxylic acids is 1. The Kier molecular flexibility index (Phi) is 5.21. The van der Waals surface area contributed by atoms with Crippen molar-refractivity contribution < 1.29 is 14.3 Å². The molecular formula is C18H12ClN2O3S-. The van der Waals surface area contributed by atoms with E-state index in [-0.39, 0.29) is 16.0 Å². The van der Waals surface area contributed by atoms with Crippen LogP contribution in [0.4, 0.5) is 0 Å². The Balaban J connectivity index is 1.89. The molecule has 126 valence electrons. The summed E-state index contributed by atoms with van der Waals surface area (Å²) in [6.45, 7) is 1.89. The molecule has 1 aromatic heterocycles. The van der Waals surface area contributed by atoms with Crippen molar-refractivity contribution in [1.82, 2.24) is 10.2 Å². The van der Waals surface area contributed by atoms with Gasteiger partial charge in [0.25, 0.3) is 5.22 Å². The lowest BCUT2D eigenvalue weighted by atomic mass is 10.1. The van der Waals surface area contributed by atoms with Gasteiger partial charge in [-0.1, -0.05) is 48.0 Å². The standard InChI is InChI=1S/C18H13ClN2O3S/c1-11-6-2-3-7-12(11)10-15(17(22)23)25-18-21-20-16(24-18)13-8-4-5-9-14(13)19/h2-10H,1H3,(H,22,23)/p-1/b15-10+. The third-order valence-electron chi connectivity index (χ3n) is 3.38. The zero-order chi connectivity index (χ0) is 17.8. The number of rotatable bonds is 5. The normalized spacial score (nSPS) is 11.5. The average Bonchev–Trinajstić information content (AvgIpc) is 3.05. The van der Waals surface area contributed by atoms with Crippen molar-refractivity contribution in [3.05, 3.63) is 69.6 Å². The van der Waals surface area contributed by atoms with Gasteiger partial charge in [0.2, 0.25) is 5.89 Å². The molecule has 0 radical (unpaired) electrons. The minimum absolute atomic E-state index is 0.0244. The van der Waals surface area contributed by atoms with Crippen LogP contribution in [0.2, 0.25) is 5.02 Å². The lowest BCUT2D eigenvalue weighted by molar-refractivity contribution is -0.298. The van der Waals surface area contributed by atoms with Crippen LogP contribution in [0.1, 0.15) is 11.1 Å². The fourth-order valence-corrected chi connectivity index (χ4v) is 2.98. The van der Waals surface area contributed by atoms with Crippen LogP contribution < -0.4 is 5.11 Å². The Hall–Kier alpha value is -2.57. The summed E-state index contributed by atoms with van der Waals surface area (Å²) in [6.07, 6.45) is 1.52. The zero-order valence-electron chi connectivity index (χ0n) is 13.1. The molecule has 7 heteroatoms. The molecule has 2 aromatic carbocycles. The smallest absolute Gasteiger partial charge is 0.281 e. The van der Waals surface area contributed by atoms with E-state index in [0.29, 0.717) is 10.6 Å². The summed E-state index contributed by atoms with van der Waals surface area (Å²) in [5, 5.41) is 19.8. The van der Waals surface area contributed by atoms with Crippen molar-refractivity contribution in [3.63, 3.8) is 0 Å². The van der Waals surface area contributed by atoms with Gasteiger partial charge in [0.05, 0.1) is 16.6 Å². The highest BCUT2D eigenvalue weighted by Crippen LogP contribution is 2.32. The molecule has 25 heavy (non-hydrogen) atoms. The van der Waals surface area contributed by atoms with E-state index in [1.807, 2.05) is 31.2 Å². The predicted molar refractivity (Wildman–Crippen MR) is 94.8 cm³/mol. The highest BCUT2D eigenvalue weighted by molar-refractivity contribution is 8.03. The Morgan fingerprint density at radius 3 is 2.60 bits per heavy atom. The number of benzene rings is 2. The van der Waals surface area contributed by atoms with Gasteiger partial charge in [-0.15, -0.1) is 10.2 Å². The molecule has 0 aliphatic heterocycles. The minimum Gasteiger partial charge on any atom is -0.544 e. The summed E-state index contributed by atoms with van der Waals surface area (Å²) < 4.78 is 5.52. The summed E-state index contributed by atoms with van der Waals surface area (Å²) in [4.78, 5) is 11.4. The van der Waals surface area contributed by atoms with E-state index in [1.54, 1.807) is 24.3 Å². The molecule has 0 atom stereocenters. The largest absolute Gasteiger partial charge is 0.544 e. The molecule has 0 saturated carbocycles. The van der Waals surface area contributed by atoms with Crippen LogP contribution in [-0.4, -0.2) is 16.2 Å². The Morgan fingerprint density at radius 1 is 1.16 bits per heavy atom. The predicted octanol–water partition coefficient (Wildman–Crippen LogP) is 3.58. The van der Waals surface area contributed by atoms with Crippen molar-refractivity contribution in [2.75, 3.05) is 0 Å². The first kappa shape index (κ1) is 17.3. The maximum atomic E-state index is 11.4. The fourth-order valence-electron chi connectivity index (χ4n) is 2.11. The van der Waals surface area contributed by atoms with E-state index in [4.69, 9.17) is 16.0 Å². The lowest BCUT2D eigenvalue weighted by Crippen LogP contribution is -2.23. The molecule has 5 nitrogen and oxygen atoms in total. The molecular weight excluding hydrogens is 360 g/mol. The number of carboxylic acid groups (broad SMARTS) is 1. The molecule has 0 spiro atoms. The number of hydrogen-bond acceptors (Lipinski definition) is 6. The molecule has 0 N–H and O–H groups in total. The molecule has 3 rings (SSSR count). The number of halogens is 1. The van der Waals surface area contributed by atoms with E-state index >= 15 is 0 Å². The van der Waals surface area contributed by atoms with Crippen molar-refractivity contribution in [3.8, 4) is 11.5 Å². The van der Waals surface area contributed by atoms with Gasteiger partial charge < -0.3 is 14.3 Å². The minimum atomic E-state index is -1.31. The van der Waals surface area contributed by atoms with Crippen molar-refractivity contribution in [2.24, 2.45) is 0 Å². The van der Waals surface area contributed by atoms with Crippen LogP contribution in [0.3, 0.4) is 0 Å². The number of thioether (sulfide) groups is 1. The van der Waals surface area contributed by atoms with Crippen LogP contribution in [0.15, 0.2) is 63.1 Å². The second kappa shape index (κ2) is 7.55. The molecule has 0 amide bonds. The van der Waals surface area contributed by atoms with Gasteiger partial charge in [-0.05, 0) is 48.0 Å². The molecule has 3 aromatic rings. The van der Waals surface area contributed by atoms with Crippen molar-refractivity contribution in [2.45, 2.75) is 12.1 Å². The molecule has 0 aliphatic carbocycles. The van der Waals surface area contributed by atoms with Gasteiger partial charge in [0.1, 0.15) is 0 Å². The van der Waals surface area contributed by atoms with E-state index in [0.717, 1.165) is 22.9 Å². The second-order valence-corrected chi connectivity index (χ2v) is 6.51.